The molecule has 0 radical (unpaired) electrons. The van der Waals surface area contributed by atoms with E-state index < -0.39 is 34.1 Å². The van der Waals surface area contributed by atoms with E-state index in [1.807, 2.05) is 22.6 Å². The van der Waals surface area contributed by atoms with Gasteiger partial charge in [0.05, 0.1) is 11.3 Å². The van der Waals surface area contributed by atoms with Crippen molar-refractivity contribution in [1.29, 1.82) is 0 Å². The molecule has 1 unspecified atom stereocenters. The van der Waals surface area contributed by atoms with Crippen LogP contribution in [0.3, 0.4) is 0 Å². The van der Waals surface area contributed by atoms with Gasteiger partial charge in [0.2, 0.25) is 6.10 Å². The minimum absolute atomic E-state index is 0.0844. The molecule has 0 fully saturated rings. The third-order valence-corrected chi connectivity index (χ3v) is 4.53. The quantitative estimate of drug-likeness (QED) is 0.252. The number of carbonyl (C=O) groups is 1. The zero-order valence-electron chi connectivity index (χ0n) is 10.4. The Morgan fingerprint density at radius 3 is 2.36 bits per heavy atom. The van der Waals surface area contributed by atoms with Crippen LogP contribution in [0.25, 0.3) is 0 Å². The number of nitrogen functional groups attached to an aromatic ring is 1. The lowest BCUT2D eigenvalue weighted by Gasteiger charge is -2.20. The van der Waals surface area contributed by atoms with Crippen molar-refractivity contribution >= 4 is 67.0 Å². The van der Waals surface area contributed by atoms with E-state index in [0.717, 1.165) is 0 Å². The topological polar surface area (TPSA) is 107 Å². The minimum atomic E-state index is -5.16. The second-order valence-corrected chi connectivity index (χ2v) is 7.94. The molecule has 22 heavy (non-hydrogen) atoms. The van der Waals surface area contributed by atoms with Gasteiger partial charge in [0.15, 0.2) is 0 Å². The number of ether oxygens (including phenoxy) is 1. The van der Waals surface area contributed by atoms with Gasteiger partial charge in [-0.3, -0.25) is 4.55 Å². The molecular weight excluding hydrogens is 557 g/mol. The standard InChI is InChI=1S/C10H8F3I2NO5S/c11-10(12,13)7(3-22(18,19)20)21-9(17)5-1-4(14)2-6(15)8(5)16/h1-2,7H,3,16H2,(H,18,19,20). The number of rotatable bonds is 4. The predicted octanol–water partition coefficient (Wildman–Crippen LogP) is 2.45. The summed E-state index contributed by atoms with van der Waals surface area (Å²) in [5, 5.41) is 0. The first-order valence-electron chi connectivity index (χ1n) is 5.28. The first kappa shape index (κ1) is 19.7. The van der Waals surface area contributed by atoms with E-state index >= 15 is 0 Å². The Bertz CT molecular complexity index is 693. The first-order valence-corrected chi connectivity index (χ1v) is 9.05. The van der Waals surface area contributed by atoms with E-state index in [1.165, 1.54) is 6.07 Å². The SMILES string of the molecule is Nc1c(I)cc(I)cc1C(=O)OC(CS(=O)(=O)O)C(F)(F)F. The Hall–Kier alpha value is -0.350. The molecule has 3 N–H and O–H groups in total. The Labute approximate surface area is 150 Å². The fourth-order valence-corrected chi connectivity index (χ4v) is 3.82. The zero-order chi connectivity index (χ0) is 17.3. The minimum Gasteiger partial charge on any atom is -0.448 e. The van der Waals surface area contributed by atoms with Gasteiger partial charge in [-0.05, 0) is 57.3 Å². The van der Waals surface area contributed by atoms with E-state index in [2.05, 4.69) is 4.74 Å². The predicted molar refractivity (Wildman–Crippen MR) is 88.0 cm³/mol. The van der Waals surface area contributed by atoms with Crippen LogP contribution >= 0.6 is 45.2 Å². The summed E-state index contributed by atoms with van der Waals surface area (Å²) in [4.78, 5) is 11.8. The maximum Gasteiger partial charge on any atom is 0.426 e. The van der Waals surface area contributed by atoms with Crippen LogP contribution < -0.4 is 5.73 Å². The monoisotopic (exact) mass is 565 g/mol. The van der Waals surface area contributed by atoms with Crippen molar-refractivity contribution in [2.24, 2.45) is 0 Å². The summed E-state index contributed by atoms with van der Waals surface area (Å²) in [5.41, 5.74) is 5.20. The lowest BCUT2D eigenvalue weighted by molar-refractivity contribution is -0.197. The number of esters is 1. The van der Waals surface area contributed by atoms with Crippen molar-refractivity contribution < 1.29 is 35.7 Å². The summed E-state index contributed by atoms with van der Waals surface area (Å²) in [6, 6.07) is 2.80. The van der Waals surface area contributed by atoms with Crippen LogP contribution in [0.2, 0.25) is 0 Å². The molecule has 12 heteroatoms. The summed E-state index contributed by atoms with van der Waals surface area (Å²) in [7, 11) is -4.99. The number of alkyl halides is 3. The van der Waals surface area contributed by atoms with Crippen molar-refractivity contribution in [1.82, 2.24) is 0 Å². The van der Waals surface area contributed by atoms with Gasteiger partial charge in [0, 0.05) is 7.14 Å². The van der Waals surface area contributed by atoms with Crippen molar-refractivity contribution in [3.8, 4) is 0 Å². The van der Waals surface area contributed by atoms with Crippen LogP contribution in [0.5, 0.6) is 0 Å². The summed E-state index contributed by atoms with van der Waals surface area (Å²) in [5.74, 6) is -3.22. The molecule has 0 saturated heterocycles. The Morgan fingerprint density at radius 2 is 1.91 bits per heavy atom. The third kappa shape index (κ3) is 5.69. The normalized spacial score (nSPS) is 13.7. The van der Waals surface area contributed by atoms with E-state index in [0.29, 0.717) is 7.14 Å². The molecule has 0 spiro atoms. The molecule has 0 aliphatic rings. The molecule has 0 saturated carbocycles. The van der Waals surface area contributed by atoms with Crippen molar-refractivity contribution in [2.75, 3.05) is 11.5 Å². The molecular formula is C10H8F3I2NO5S. The van der Waals surface area contributed by atoms with Crippen molar-refractivity contribution in [2.45, 2.75) is 12.3 Å². The number of nitrogens with two attached hydrogens (primary N) is 1. The number of halogens is 5. The van der Waals surface area contributed by atoms with E-state index in [1.54, 1.807) is 28.7 Å². The lowest BCUT2D eigenvalue weighted by Crippen LogP contribution is -2.39. The smallest absolute Gasteiger partial charge is 0.426 e. The fraction of sp³-hybridized carbons (Fsp3) is 0.300. The highest BCUT2D eigenvalue weighted by Crippen LogP contribution is 2.28. The highest BCUT2D eigenvalue weighted by molar-refractivity contribution is 14.1. The molecule has 0 aromatic heterocycles. The number of carbonyl (C=O) groups excluding carboxylic acids is 1. The zero-order valence-corrected chi connectivity index (χ0v) is 15.5. The molecule has 124 valence electrons. The van der Waals surface area contributed by atoms with E-state index in [4.69, 9.17) is 10.3 Å². The second kappa shape index (κ2) is 7.04. The third-order valence-electron chi connectivity index (χ3n) is 2.29. The molecule has 0 bridgehead atoms. The number of anilines is 1. The maximum atomic E-state index is 12.7. The van der Waals surface area contributed by atoms with Crippen LogP contribution in [0.1, 0.15) is 10.4 Å². The molecule has 1 atom stereocenters. The number of hydrogen-bond acceptors (Lipinski definition) is 5. The van der Waals surface area contributed by atoms with Crippen LogP contribution in [0.15, 0.2) is 12.1 Å². The molecule has 0 aliphatic heterocycles. The van der Waals surface area contributed by atoms with Gasteiger partial charge in [-0.1, -0.05) is 0 Å². The van der Waals surface area contributed by atoms with Crippen LogP contribution in [0, 0.1) is 7.14 Å². The van der Waals surface area contributed by atoms with Gasteiger partial charge in [0.1, 0.15) is 5.75 Å². The number of benzene rings is 1. The largest absolute Gasteiger partial charge is 0.448 e. The Balaban J connectivity index is 3.12. The fourth-order valence-electron chi connectivity index (χ4n) is 1.33. The molecule has 1 rings (SSSR count). The van der Waals surface area contributed by atoms with Gasteiger partial charge >= 0.3 is 12.1 Å². The first-order chi connectivity index (χ1) is 9.81. The summed E-state index contributed by atoms with van der Waals surface area (Å²) < 4.78 is 73.0. The highest BCUT2D eigenvalue weighted by Gasteiger charge is 2.45. The summed E-state index contributed by atoms with van der Waals surface area (Å²) in [6.07, 6.45) is -8.15. The molecule has 1 aromatic rings. The van der Waals surface area contributed by atoms with Gasteiger partial charge in [0.25, 0.3) is 10.1 Å². The summed E-state index contributed by atoms with van der Waals surface area (Å²) >= 11 is 3.61. The molecule has 0 amide bonds. The van der Waals surface area contributed by atoms with E-state index in [9.17, 15) is 26.4 Å². The van der Waals surface area contributed by atoms with Crippen molar-refractivity contribution in [3.05, 3.63) is 24.8 Å². The molecule has 1 aromatic carbocycles. The van der Waals surface area contributed by atoms with Crippen LogP contribution in [-0.2, 0) is 14.9 Å². The molecule has 0 heterocycles. The van der Waals surface area contributed by atoms with Crippen LogP contribution in [0.4, 0.5) is 18.9 Å². The van der Waals surface area contributed by atoms with Gasteiger partial charge in [-0.15, -0.1) is 0 Å². The van der Waals surface area contributed by atoms with Gasteiger partial charge in [-0.2, -0.15) is 21.6 Å². The highest BCUT2D eigenvalue weighted by atomic mass is 127. The summed E-state index contributed by atoms with van der Waals surface area (Å²) in [6.45, 7) is 0. The van der Waals surface area contributed by atoms with Gasteiger partial charge < -0.3 is 10.5 Å². The van der Waals surface area contributed by atoms with Gasteiger partial charge in [-0.25, -0.2) is 4.79 Å². The van der Waals surface area contributed by atoms with E-state index in [-0.39, 0.29) is 11.3 Å². The Kier molecular flexibility index (Phi) is 6.30. The Morgan fingerprint density at radius 1 is 1.36 bits per heavy atom. The maximum absolute atomic E-state index is 12.7. The second-order valence-electron chi connectivity index (χ2n) is 4.03. The average molecular weight is 565 g/mol. The average Bonchev–Trinajstić information content (AvgIpc) is 2.29. The molecule has 6 nitrogen and oxygen atoms in total. The number of hydrogen-bond donors (Lipinski definition) is 2. The lowest BCUT2D eigenvalue weighted by atomic mass is 10.2. The van der Waals surface area contributed by atoms with Crippen LogP contribution in [-0.4, -0.2) is 37.0 Å². The molecule has 0 aliphatic carbocycles. The van der Waals surface area contributed by atoms with Crippen molar-refractivity contribution in [3.63, 3.8) is 0 Å².